The van der Waals surface area contributed by atoms with Gasteiger partial charge in [-0.1, -0.05) is 73.2 Å². The maximum absolute atomic E-state index is 13.7. The highest BCUT2D eigenvalue weighted by Gasteiger charge is 2.49. The van der Waals surface area contributed by atoms with Crippen molar-refractivity contribution in [3.05, 3.63) is 113 Å². The molecule has 0 saturated carbocycles. The first kappa shape index (κ1) is 34.2. The molecular formula is C39H41F3N4O3. The van der Waals surface area contributed by atoms with Crippen molar-refractivity contribution in [1.29, 1.82) is 0 Å². The Morgan fingerprint density at radius 2 is 1.57 bits per heavy atom. The second-order valence-corrected chi connectivity index (χ2v) is 12.8. The molecule has 1 atom stereocenters. The number of halogens is 3. The molecule has 1 unspecified atom stereocenters. The lowest BCUT2D eigenvalue weighted by atomic mass is 9.73. The van der Waals surface area contributed by atoms with Crippen LogP contribution in [0.4, 0.5) is 24.7 Å². The Morgan fingerprint density at radius 3 is 2.29 bits per heavy atom. The Kier molecular flexibility index (Phi) is 10.6. The highest BCUT2D eigenvalue weighted by molar-refractivity contribution is 6.05. The molecule has 0 radical (unpaired) electrons. The van der Waals surface area contributed by atoms with Gasteiger partial charge in [0.1, 0.15) is 17.8 Å². The SMILES string of the molecule is O=C(Nc1ccc(NCCCC2(C(=O)NCC(F)(F)F)c3ccccc3-c3ccccc32)cn1)c1ccccc1CC1CCCCOCC1. The van der Waals surface area contributed by atoms with Gasteiger partial charge in [-0.15, -0.1) is 0 Å². The van der Waals surface area contributed by atoms with Crippen LogP contribution in [-0.4, -0.2) is 49.3 Å². The Bertz CT molecular complexity index is 1710. The van der Waals surface area contributed by atoms with E-state index < -0.39 is 24.0 Å². The van der Waals surface area contributed by atoms with E-state index in [1.807, 2.05) is 78.9 Å². The molecule has 1 aliphatic heterocycles. The van der Waals surface area contributed by atoms with E-state index in [2.05, 4.69) is 20.9 Å². The number of hydrogen-bond donors (Lipinski definition) is 3. The Labute approximate surface area is 284 Å². The molecule has 3 N–H and O–H groups in total. The number of ether oxygens (including phenoxy) is 1. The van der Waals surface area contributed by atoms with Crippen molar-refractivity contribution in [3.8, 4) is 11.1 Å². The number of aromatic nitrogens is 1. The molecule has 6 rings (SSSR count). The standard InChI is InChI=1S/C39H41F3N4O3/c40-39(41,42)26-45-37(48)38(33-15-5-3-13-31(33)32-14-4-6-16-34(32)38)20-9-21-43-29-17-18-35(44-25-29)46-36(47)30-12-2-1-11-28(30)24-27-10-7-8-22-49-23-19-27/h1-6,11-18,25,27,43H,7-10,19-24,26H2,(H,45,48)(H,44,46,47). The quantitative estimate of drug-likeness (QED) is 0.141. The summed E-state index contributed by atoms with van der Waals surface area (Å²) in [6, 6.07) is 26.1. The summed E-state index contributed by atoms with van der Waals surface area (Å²) in [7, 11) is 0. The number of nitrogens with zero attached hydrogens (tertiary/aromatic N) is 1. The van der Waals surface area contributed by atoms with Crippen LogP contribution in [0.3, 0.4) is 0 Å². The van der Waals surface area contributed by atoms with Gasteiger partial charge in [0, 0.05) is 25.3 Å². The summed E-state index contributed by atoms with van der Waals surface area (Å²) >= 11 is 0. The zero-order valence-corrected chi connectivity index (χ0v) is 27.3. The van der Waals surface area contributed by atoms with Crippen molar-refractivity contribution in [2.45, 2.75) is 56.5 Å². The molecule has 49 heavy (non-hydrogen) atoms. The van der Waals surface area contributed by atoms with E-state index in [4.69, 9.17) is 4.74 Å². The van der Waals surface area contributed by atoms with Gasteiger partial charge in [-0.3, -0.25) is 9.59 Å². The second-order valence-electron chi connectivity index (χ2n) is 12.8. The predicted octanol–water partition coefficient (Wildman–Crippen LogP) is 7.92. The molecule has 2 amide bonds. The summed E-state index contributed by atoms with van der Waals surface area (Å²) in [5, 5.41) is 8.40. The fourth-order valence-corrected chi connectivity index (χ4v) is 7.20. The van der Waals surface area contributed by atoms with Crippen LogP contribution in [0.15, 0.2) is 91.1 Å². The van der Waals surface area contributed by atoms with E-state index in [1.54, 1.807) is 12.3 Å². The maximum atomic E-state index is 13.7. The topological polar surface area (TPSA) is 92.4 Å². The molecule has 4 aromatic rings. The maximum Gasteiger partial charge on any atom is 0.405 e. The van der Waals surface area contributed by atoms with Crippen molar-refractivity contribution in [2.24, 2.45) is 5.92 Å². The van der Waals surface area contributed by atoms with Crippen LogP contribution in [0.25, 0.3) is 11.1 Å². The highest BCUT2D eigenvalue weighted by atomic mass is 19.4. The number of fused-ring (bicyclic) bond motifs is 3. The predicted molar refractivity (Wildman–Crippen MR) is 185 cm³/mol. The highest BCUT2D eigenvalue weighted by Crippen LogP contribution is 2.51. The van der Waals surface area contributed by atoms with Crippen LogP contribution in [0.2, 0.25) is 0 Å². The van der Waals surface area contributed by atoms with Crippen molar-refractivity contribution >= 4 is 23.3 Å². The first-order valence-electron chi connectivity index (χ1n) is 17.0. The number of hydrogen-bond acceptors (Lipinski definition) is 5. The van der Waals surface area contributed by atoms with Crippen LogP contribution in [0, 0.1) is 5.92 Å². The van der Waals surface area contributed by atoms with Crippen molar-refractivity contribution < 1.29 is 27.5 Å². The van der Waals surface area contributed by atoms with Crippen molar-refractivity contribution in [1.82, 2.24) is 10.3 Å². The fourth-order valence-electron chi connectivity index (χ4n) is 7.20. The van der Waals surface area contributed by atoms with Gasteiger partial charge in [-0.2, -0.15) is 13.2 Å². The Balaban J connectivity index is 1.09. The lowest BCUT2D eigenvalue weighted by Gasteiger charge is -2.31. The molecule has 1 aromatic heterocycles. The normalized spacial score (nSPS) is 16.8. The lowest BCUT2D eigenvalue weighted by molar-refractivity contribution is -0.141. The minimum atomic E-state index is -4.53. The third-order valence-corrected chi connectivity index (χ3v) is 9.56. The van der Waals surface area contributed by atoms with Gasteiger partial charge < -0.3 is 20.7 Å². The van der Waals surface area contributed by atoms with Crippen molar-refractivity contribution in [3.63, 3.8) is 0 Å². The molecule has 1 aliphatic carbocycles. The van der Waals surface area contributed by atoms with Gasteiger partial charge in [0.15, 0.2) is 0 Å². The number of rotatable bonds is 11. The molecule has 3 aromatic carbocycles. The Morgan fingerprint density at radius 1 is 0.857 bits per heavy atom. The van der Waals surface area contributed by atoms with Gasteiger partial charge in [0.2, 0.25) is 5.91 Å². The molecule has 10 heteroatoms. The summed E-state index contributed by atoms with van der Waals surface area (Å²) in [4.78, 5) is 31.4. The van der Waals surface area contributed by atoms with Crippen LogP contribution in [0.1, 0.15) is 65.6 Å². The number of carbonyl (C=O) groups excluding carboxylic acids is 2. The molecule has 1 saturated heterocycles. The zero-order valence-electron chi connectivity index (χ0n) is 27.3. The van der Waals surface area contributed by atoms with Gasteiger partial charge in [-0.05, 0) is 90.5 Å². The summed E-state index contributed by atoms with van der Waals surface area (Å²) in [6.45, 7) is 0.631. The number of anilines is 2. The van der Waals surface area contributed by atoms with Gasteiger partial charge in [0.25, 0.3) is 5.91 Å². The number of pyridine rings is 1. The van der Waals surface area contributed by atoms with Gasteiger partial charge in [-0.25, -0.2) is 4.98 Å². The molecular weight excluding hydrogens is 629 g/mol. The van der Waals surface area contributed by atoms with Crippen LogP contribution >= 0.6 is 0 Å². The molecule has 1 fully saturated rings. The van der Waals surface area contributed by atoms with E-state index in [9.17, 15) is 22.8 Å². The second kappa shape index (κ2) is 15.2. The third-order valence-electron chi connectivity index (χ3n) is 9.56. The van der Waals surface area contributed by atoms with Crippen LogP contribution in [0.5, 0.6) is 0 Å². The van der Waals surface area contributed by atoms with Gasteiger partial charge >= 0.3 is 6.18 Å². The van der Waals surface area contributed by atoms with Crippen LogP contribution < -0.4 is 16.0 Å². The third kappa shape index (κ3) is 7.96. The fraction of sp³-hybridized carbons (Fsp3) is 0.359. The number of amides is 2. The molecule has 0 bridgehead atoms. The summed E-state index contributed by atoms with van der Waals surface area (Å²) < 4.78 is 45.2. The Hall–Kier alpha value is -4.70. The van der Waals surface area contributed by atoms with Crippen molar-refractivity contribution in [2.75, 3.05) is 36.9 Å². The van der Waals surface area contributed by atoms with E-state index >= 15 is 0 Å². The van der Waals surface area contributed by atoms with Gasteiger partial charge in [0.05, 0.1) is 11.9 Å². The van der Waals surface area contributed by atoms with E-state index in [-0.39, 0.29) is 5.91 Å². The zero-order chi connectivity index (χ0) is 34.3. The first-order chi connectivity index (χ1) is 23.7. The average Bonchev–Trinajstić information content (AvgIpc) is 3.38. The van der Waals surface area contributed by atoms with E-state index in [0.29, 0.717) is 53.5 Å². The molecule has 2 heterocycles. The van der Waals surface area contributed by atoms with Crippen LogP contribution in [-0.2, 0) is 21.4 Å². The summed E-state index contributed by atoms with van der Waals surface area (Å²) in [6.07, 6.45) is 3.03. The number of carbonyl (C=O) groups is 2. The smallest absolute Gasteiger partial charge is 0.384 e. The molecule has 2 aliphatic rings. The molecule has 256 valence electrons. The summed E-state index contributed by atoms with van der Waals surface area (Å²) in [5.41, 5.74) is 4.23. The number of nitrogens with one attached hydrogen (secondary N) is 3. The van der Waals surface area contributed by atoms with E-state index in [0.717, 1.165) is 62.0 Å². The van der Waals surface area contributed by atoms with E-state index in [1.165, 1.54) is 0 Å². The minimum absolute atomic E-state index is 0.211. The molecule has 7 nitrogen and oxygen atoms in total. The largest absolute Gasteiger partial charge is 0.405 e. The average molecular weight is 671 g/mol. The molecule has 0 spiro atoms. The lowest BCUT2D eigenvalue weighted by Crippen LogP contribution is -2.47. The minimum Gasteiger partial charge on any atom is -0.384 e. The number of benzene rings is 3. The first-order valence-corrected chi connectivity index (χ1v) is 17.0. The summed E-state index contributed by atoms with van der Waals surface area (Å²) in [5.74, 6) is 0.0191. The monoisotopic (exact) mass is 670 g/mol. The number of alkyl halides is 3.